The third kappa shape index (κ3) is 3.80. The van der Waals surface area contributed by atoms with Crippen molar-refractivity contribution in [3.05, 3.63) is 17.7 Å². The smallest absolute Gasteiger partial charge is 0.257 e. The number of benzene rings is 1. The van der Waals surface area contributed by atoms with E-state index in [1.54, 1.807) is 17.0 Å². The number of ether oxygens (including phenoxy) is 3. The van der Waals surface area contributed by atoms with Crippen molar-refractivity contribution < 1.29 is 23.8 Å². The number of methoxy groups -OCH3 is 3. The number of nitrogens with zero attached hydrogens (tertiary/aromatic N) is 2. The molecular formula is C19H27N3O5. The van der Waals surface area contributed by atoms with E-state index in [4.69, 9.17) is 14.2 Å². The highest BCUT2D eigenvalue weighted by molar-refractivity contribution is 5.98. The molecule has 2 aliphatic rings. The van der Waals surface area contributed by atoms with Gasteiger partial charge in [0.15, 0.2) is 11.5 Å². The number of rotatable bonds is 5. The van der Waals surface area contributed by atoms with Gasteiger partial charge in [-0.1, -0.05) is 0 Å². The van der Waals surface area contributed by atoms with Crippen molar-refractivity contribution in [2.75, 3.05) is 54.1 Å². The highest BCUT2D eigenvalue weighted by Crippen LogP contribution is 2.40. The van der Waals surface area contributed by atoms with Gasteiger partial charge in [-0.25, -0.2) is 0 Å². The molecule has 0 saturated carbocycles. The number of amides is 2. The lowest BCUT2D eigenvalue weighted by Crippen LogP contribution is -2.54. The van der Waals surface area contributed by atoms with Crippen molar-refractivity contribution in [1.82, 2.24) is 15.1 Å². The van der Waals surface area contributed by atoms with E-state index in [-0.39, 0.29) is 17.9 Å². The number of carbonyl (C=O) groups is 2. The van der Waals surface area contributed by atoms with Crippen molar-refractivity contribution in [2.24, 2.45) is 0 Å². The van der Waals surface area contributed by atoms with Crippen LogP contribution in [0.5, 0.6) is 17.2 Å². The molecule has 27 heavy (non-hydrogen) atoms. The number of hydrogen-bond acceptors (Lipinski definition) is 6. The van der Waals surface area contributed by atoms with Gasteiger partial charge in [0.05, 0.1) is 32.9 Å². The van der Waals surface area contributed by atoms with Crippen molar-refractivity contribution >= 4 is 11.8 Å². The Labute approximate surface area is 159 Å². The maximum atomic E-state index is 13.0. The lowest BCUT2D eigenvalue weighted by Gasteiger charge is -2.36. The average Bonchev–Trinajstić information content (AvgIpc) is 3.26. The summed E-state index contributed by atoms with van der Waals surface area (Å²) in [5, 5.41) is 3.24. The Balaban J connectivity index is 1.70. The first-order valence-electron chi connectivity index (χ1n) is 9.21. The van der Waals surface area contributed by atoms with Gasteiger partial charge in [0, 0.05) is 26.2 Å². The van der Waals surface area contributed by atoms with Crippen LogP contribution in [-0.4, -0.2) is 81.7 Å². The van der Waals surface area contributed by atoms with Gasteiger partial charge >= 0.3 is 0 Å². The monoisotopic (exact) mass is 377 g/mol. The lowest BCUT2D eigenvalue weighted by atomic mass is 10.1. The fraction of sp³-hybridized carbons (Fsp3) is 0.579. The van der Waals surface area contributed by atoms with Gasteiger partial charge in [0.2, 0.25) is 11.7 Å². The van der Waals surface area contributed by atoms with E-state index in [1.165, 1.54) is 21.3 Å². The SMILES string of the molecule is COc1ccc(C(=O)N2CCN(C(=O)C3CCCN3)CC2)c(OC)c1OC. The molecule has 1 aromatic rings. The molecule has 2 aliphatic heterocycles. The minimum absolute atomic E-state index is 0.0711. The Morgan fingerprint density at radius 3 is 2.19 bits per heavy atom. The van der Waals surface area contributed by atoms with E-state index in [1.807, 2.05) is 4.90 Å². The van der Waals surface area contributed by atoms with Gasteiger partial charge in [-0.15, -0.1) is 0 Å². The molecule has 8 nitrogen and oxygen atoms in total. The Bertz CT molecular complexity index is 695. The van der Waals surface area contributed by atoms with Crippen LogP contribution in [0.3, 0.4) is 0 Å². The Hall–Kier alpha value is -2.48. The van der Waals surface area contributed by atoms with E-state index in [0.717, 1.165) is 19.4 Å². The molecule has 2 saturated heterocycles. The second-order valence-electron chi connectivity index (χ2n) is 6.65. The van der Waals surface area contributed by atoms with Gasteiger partial charge in [0.25, 0.3) is 5.91 Å². The van der Waals surface area contributed by atoms with Crippen molar-refractivity contribution in [1.29, 1.82) is 0 Å². The summed E-state index contributed by atoms with van der Waals surface area (Å²) in [5.74, 6) is 1.26. The molecule has 0 aliphatic carbocycles. The molecule has 0 bridgehead atoms. The second-order valence-corrected chi connectivity index (χ2v) is 6.65. The van der Waals surface area contributed by atoms with Crippen molar-refractivity contribution in [3.8, 4) is 17.2 Å². The van der Waals surface area contributed by atoms with Crippen LogP contribution in [0.15, 0.2) is 12.1 Å². The summed E-state index contributed by atoms with van der Waals surface area (Å²) in [6.07, 6.45) is 1.93. The largest absolute Gasteiger partial charge is 0.493 e. The van der Waals surface area contributed by atoms with Crippen LogP contribution < -0.4 is 19.5 Å². The summed E-state index contributed by atoms with van der Waals surface area (Å²) in [4.78, 5) is 29.1. The third-order valence-corrected chi connectivity index (χ3v) is 5.17. The minimum Gasteiger partial charge on any atom is -0.493 e. The minimum atomic E-state index is -0.140. The van der Waals surface area contributed by atoms with Crippen LogP contribution in [0.4, 0.5) is 0 Å². The van der Waals surface area contributed by atoms with Crippen LogP contribution >= 0.6 is 0 Å². The van der Waals surface area contributed by atoms with Gasteiger partial charge < -0.3 is 29.3 Å². The lowest BCUT2D eigenvalue weighted by molar-refractivity contribution is -0.134. The van der Waals surface area contributed by atoms with Crippen LogP contribution in [0.1, 0.15) is 23.2 Å². The van der Waals surface area contributed by atoms with Gasteiger partial charge in [-0.05, 0) is 31.5 Å². The van der Waals surface area contributed by atoms with Crippen molar-refractivity contribution in [2.45, 2.75) is 18.9 Å². The maximum absolute atomic E-state index is 13.0. The molecule has 1 unspecified atom stereocenters. The quantitative estimate of drug-likeness (QED) is 0.816. The summed E-state index contributed by atoms with van der Waals surface area (Å²) in [6.45, 7) is 2.97. The zero-order chi connectivity index (χ0) is 19.4. The molecule has 0 aromatic heterocycles. The van der Waals surface area contributed by atoms with E-state index in [9.17, 15) is 9.59 Å². The highest BCUT2D eigenvalue weighted by atomic mass is 16.5. The zero-order valence-electron chi connectivity index (χ0n) is 16.1. The highest BCUT2D eigenvalue weighted by Gasteiger charge is 2.32. The van der Waals surface area contributed by atoms with E-state index in [2.05, 4.69) is 5.32 Å². The molecule has 148 valence electrons. The van der Waals surface area contributed by atoms with E-state index >= 15 is 0 Å². The molecule has 0 spiro atoms. The summed E-state index contributed by atoms with van der Waals surface area (Å²) in [5.41, 5.74) is 0.424. The van der Waals surface area contributed by atoms with Gasteiger partial charge in [-0.2, -0.15) is 0 Å². The molecule has 3 rings (SSSR count). The molecule has 1 atom stereocenters. The van der Waals surface area contributed by atoms with Crippen LogP contribution in [0.2, 0.25) is 0 Å². The van der Waals surface area contributed by atoms with Crippen molar-refractivity contribution in [3.63, 3.8) is 0 Å². The molecule has 8 heteroatoms. The number of hydrogen-bond donors (Lipinski definition) is 1. The van der Waals surface area contributed by atoms with Crippen LogP contribution in [0.25, 0.3) is 0 Å². The molecule has 2 fully saturated rings. The topological polar surface area (TPSA) is 80.3 Å². The van der Waals surface area contributed by atoms with E-state index < -0.39 is 0 Å². The number of piperazine rings is 1. The maximum Gasteiger partial charge on any atom is 0.257 e. The summed E-state index contributed by atoms with van der Waals surface area (Å²) in [7, 11) is 4.55. The third-order valence-electron chi connectivity index (χ3n) is 5.17. The summed E-state index contributed by atoms with van der Waals surface area (Å²) < 4.78 is 16.1. The predicted molar refractivity (Wildman–Crippen MR) is 99.6 cm³/mol. The second kappa shape index (κ2) is 8.47. The van der Waals surface area contributed by atoms with Crippen LogP contribution in [-0.2, 0) is 4.79 Å². The van der Waals surface area contributed by atoms with Gasteiger partial charge in [-0.3, -0.25) is 9.59 Å². The molecular weight excluding hydrogens is 350 g/mol. The molecule has 2 amide bonds. The average molecular weight is 377 g/mol. The fourth-order valence-electron chi connectivity index (χ4n) is 3.69. The zero-order valence-corrected chi connectivity index (χ0v) is 16.1. The molecule has 1 aromatic carbocycles. The first-order valence-corrected chi connectivity index (χ1v) is 9.21. The van der Waals surface area contributed by atoms with Crippen LogP contribution in [0, 0.1) is 0 Å². The predicted octanol–water partition coefficient (Wildman–Crippen LogP) is 0.749. The van der Waals surface area contributed by atoms with E-state index in [0.29, 0.717) is 49.0 Å². The normalized spacial score (nSPS) is 19.7. The fourth-order valence-corrected chi connectivity index (χ4v) is 3.69. The standard InChI is InChI=1S/C19H27N3O5/c1-25-15-7-6-13(16(26-2)17(15)27-3)18(23)21-9-11-22(12-10-21)19(24)14-5-4-8-20-14/h6-7,14,20H,4-5,8-12H2,1-3H3. The molecule has 1 N–H and O–H groups in total. The Morgan fingerprint density at radius 1 is 0.963 bits per heavy atom. The number of carbonyl (C=O) groups excluding carboxylic acids is 2. The Morgan fingerprint density at radius 2 is 1.63 bits per heavy atom. The molecule has 0 radical (unpaired) electrons. The Kier molecular flexibility index (Phi) is 6.05. The van der Waals surface area contributed by atoms with Gasteiger partial charge in [0.1, 0.15) is 0 Å². The summed E-state index contributed by atoms with van der Waals surface area (Å²) >= 11 is 0. The number of nitrogens with one attached hydrogen (secondary N) is 1. The molecule has 2 heterocycles. The first kappa shape index (κ1) is 19.3. The first-order chi connectivity index (χ1) is 13.1. The summed E-state index contributed by atoms with van der Waals surface area (Å²) in [6, 6.07) is 3.31.